The fourth-order valence-electron chi connectivity index (χ4n) is 2.87. The van der Waals surface area contributed by atoms with Crippen LogP contribution in [0, 0.1) is 20.8 Å². The van der Waals surface area contributed by atoms with E-state index >= 15 is 0 Å². The van der Waals surface area contributed by atoms with Crippen LogP contribution in [0.3, 0.4) is 0 Å². The lowest BCUT2D eigenvalue weighted by atomic mass is 9.89. The Bertz CT molecular complexity index is 685. The van der Waals surface area contributed by atoms with E-state index in [1.807, 2.05) is 0 Å². The molecule has 0 fully saturated rings. The van der Waals surface area contributed by atoms with Gasteiger partial charge in [-0.15, -0.1) is 0 Å². The third-order valence-corrected chi connectivity index (χ3v) is 4.03. The van der Waals surface area contributed by atoms with Crippen LogP contribution in [0.25, 0.3) is 16.8 Å². The van der Waals surface area contributed by atoms with E-state index in [0.717, 1.165) is 6.42 Å². The van der Waals surface area contributed by atoms with E-state index in [1.165, 1.54) is 38.6 Å². The maximum absolute atomic E-state index is 2.32. The molecule has 0 heterocycles. The Morgan fingerprint density at radius 3 is 2.61 bits per heavy atom. The Morgan fingerprint density at radius 1 is 0.944 bits per heavy atom. The first-order valence-electron chi connectivity index (χ1n) is 6.54. The summed E-state index contributed by atoms with van der Waals surface area (Å²) in [6, 6.07) is 6.82. The number of hydrogen-bond acceptors (Lipinski definition) is 0. The molecule has 2 aromatic rings. The highest BCUT2D eigenvalue weighted by atomic mass is 14.2. The van der Waals surface area contributed by atoms with E-state index in [1.54, 1.807) is 0 Å². The predicted octanol–water partition coefficient (Wildman–Crippen LogP) is 4.89. The van der Waals surface area contributed by atoms with Crippen LogP contribution in [-0.4, -0.2) is 0 Å². The minimum Gasteiger partial charge on any atom is -0.0801 e. The Labute approximate surface area is 109 Å². The van der Waals surface area contributed by atoms with Crippen LogP contribution < -0.4 is 0 Å². The average molecular weight is 234 g/mol. The topological polar surface area (TPSA) is 0 Å². The molecule has 0 spiro atoms. The van der Waals surface area contributed by atoms with E-state index in [-0.39, 0.29) is 0 Å². The van der Waals surface area contributed by atoms with E-state index in [9.17, 15) is 0 Å². The van der Waals surface area contributed by atoms with Gasteiger partial charge in [0.2, 0.25) is 0 Å². The average Bonchev–Trinajstić information content (AvgIpc) is 2.58. The molecule has 0 N–H and O–H groups in total. The van der Waals surface area contributed by atoms with E-state index in [0.29, 0.717) is 0 Å². The van der Waals surface area contributed by atoms with Crippen LogP contribution in [0.4, 0.5) is 0 Å². The minimum absolute atomic E-state index is 1.03. The second kappa shape index (κ2) is 4.13. The van der Waals surface area contributed by atoms with Crippen molar-refractivity contribution in [3.8, 4) is 0 Å². The highest BCUT2D eigenvalue weighted by molar-refractivity contribution is 5.95. The molecule has 0 heteroatoms. The first-order valence-corrected chi connectivity index (χ1v) is 6.54. The summed E-state index contributed by atoms with van der Waals surface area (Å²) >= 11 is 0. The lowest BCUT2D eigenvalue weighted by Crippen LogP contribution is -1.95. The number of rotatable bonds is 0. The summed E-state index contributed by atoms with van der Waals surface area (Å²) in [5.74, 6) is 0. The number of benzene rings is 2. The molecule has 1 aliphatic carbocycles. The SMILES string of the molecule is Cc1ccc2c(C)cc3c(c2c1C)CC=CC=C3. The third-order valence-electron chi connectivity index (χ3n) is 4.03. The largest absolute Gasteiger partial charge is 0.0801 e. The van der Waals surface area contributed by atoms with Gasteiger partial charge in [0.25, 0.3) is 0 Å². The van der Waals surface area contributed by atoms with Gasteiger partial charge in [-0.1, -0.05) is 42.5 Å². The minimum atomic E-state index is 1.03. The van der Waals surface area contributed by atoms with Crippen molar-refractivity contribution in [2.24, 2.45) is 0 Å². The lowest BCUT2D eigenvalue weighted by Gasteiger charge is -2.15. The van der Waals surface area contributed by atoms with E-state index < -0.39 is 0 Å². The number of hydrogen-bond donors (Lipinski definition) is 0. The molecule has 2 aromatic carbocycles. The zero-order valence-corrected chi connectivity index (χ0v) is 11.2. The molecule has 0 atom stereocenters. The predicted molar refractivity (Wildman–Crippen MR) is 80.0 cm³/mol. The van der Waals surface area contributed by atoms with Crippen LogP contribution in [0.5, 0.6) is 0 Å². The molecule has 0 radical (unpaired) electrons. The van der Waals surface area contributed by atoms with Crippen molar-refractivity contribution in [2.45, 2.75) is 27.2 Å². The molecular weight excluding hydrogens is 216 g/mol. The fraction of sp³-hybridized carbons (Fsp3) is 0.222. The van der Waals surface area contributed by atoms with Gasteiger partial charge in [-0.25, -0.2) is 0 Å². The molecule has 1 aliphatic rings. The van der Waals surface area contributed by atoms with Crippen molar-refractivity contribution in [1.82, 2.24) is 0 Å². The van der Waals surface area contributed by atoms with Gasteiger partial charge in [0.05, 0.1) is 0 Å². The number of fused-ring (bicyclic) bond motifs is 3. The van der Waals surface area contributed by atoms with Crippen LogP contribution in [-0.2, 0) is 6.42 Å². The summed E-state index contributed by atoms with van der Waals surface area (Å²) in [7, 11) is 0. The lowest BCUT2D eigenvalue weighted by molar-refractivity contribution is 1.26. The molecule has 18 heavy (non-hydrogen) atoms. The summed E-state index contributed by atoms with van der Waals surface area (Å²) in [5.41, 5.74) is 7.03. The zero-order valence-electron chi connectivity index (χ0n) is 11.2. The van der Waals surface area contributed by atoms with Gasteiger partial charge in [0.1, 0.15) is 0 Å². The van der Waals surface area contributed by atoms with Gasteiger partial charge in [0, 0.05) is 0 Å². The van der Waals surface area contributed by atoms with E-state index in [2.05, 4.69) is 63.3 Å². The third kappa shape index (κ3) is 1.60. The van der Waals surface area contributed by atoms with Gasteiger partial charge in [-0.3, -0.25) is 0 Å². The smallest absolute Gasteiger partial charge is 0.00821 e. The maximum Gasteiger partial charge on any atom is -0.00821 e. The molecule has 3 rings (SSSR count). The zero-order chi connectivity index (χ0) is 12.7. The molecule has 0 unspecified atom stereocenters. The first kappa shape index (κ1) is 11.3. The van der Waals surface area contributed by atoms with Crippen LogP contribution in [0.1, 0.15) is 27.8 Å². The van der Waals surface area contributed by atoms with Crippen LogP contribution in [0.2, 0.25) is 0 Å². The van der Waals surface area contributed by atoms with Crippen molar-refractivity contribution >= 4 is 16.8 Å². The Morgan fingerprint density at radius 2 is 1.78 bits per heavy atom. The standard InChI is InChI=1S/C18H18/c1-12-9-10-16-13(2)11-15-7-5-4-6-8-17(15)18(16)14(12)3/h4-7,9-11H,8H2,1-3H3. The van der Waals surface area contributed by atoms with Gasteiger partial charge in [-0.05, 0) is 65.8 Å². The molecule has 0 bridgehead atoms. The molecule has 0 aliphatic heterocycles. The summed E-state index contributed by atoms with van der Waals surface area (Å²) < 4.78 is 0. The summed E-state index contributed by atoms with van der Waals surface area (Å²) in [6.45, 7) is 6.66. The summed E-state index contributed by atoms with van der Waals surface area (Å²) in [4.78, 5) is 0. The monoisotopic (exact) mass is 234 g/mol. The van der Waals surface area contributed by atoms with Crippen LogP contribution in [0.15, 0.2) is 36.4 Å². The van der Waals surface area contributed by atoms with Gasteiger partial charge < -0.3 is 0 Å². The second-order valence-corrected chi connectivity index (χ2v) is 5.18. The second-order valence-electron chi connectivity index (χ2n) is 5.18. The van der Waals surface area contributed by atoms with Crippen LogP contribution >= 0.6 is 0 Å². The molecule has 90 valence electrons. The Hall–Kier alpha value is -1.82. The maximum atomic E-state index is 2.32. The Balaban J connectivity index is 2.50. The van der Waals surface area contributed by atoms with Crippen molar-refractivity contribution in [3.05, 3.63) is 64.2 Å². The number of aryl methyl sites for hydroxylation is 3. The van der Waals surface area contributed by atoms with Gasteiger partial charge >= 0.3 is 0 Å². The molecular formula is C18H18. The van der Waals surface area contributed by atoms with Crippen molar-refractivity contribution in [1.29, 1.82) is 0 Å². The highest BCUT2D eigenvalue weighted by Gasteiger charge is 2.11. The highest BCUT2D eigenvalue weighted by Crippen LogP contribution is 2.32. The van der Waals surface area contributed by atoms with Crippen molar-refractivity contribution in [2.75, 3.05) is 0 Å². The summed E-state index contributed by atoms with van der Waals surface area (Å²) in [5, 5.41) is 2.86. The van der Waals surface area contributed by atoms with E-state index in [4.69, 9.17) is 0 Å². The summed E-state index contributed by atoms with van der Waals surface area (Å²) in [6.07, 6.45) is 9.80. The fourth-order valence-corrected chi connectivity index (χ4v) is 2.87. The van der Waals surface area contributed by atoms with Gasteiger partial charge in [0.15, 0.2) is 0 Å². The van der Waals surface area contributed by atoms with Gasteiger partial charge in [-0.2, -0.15) is 0 Å². The molecule has 0 aromatic heterocycles. The van der Waals surface area contributed by atoms with Crippen molar-refractivity contribution in [3.63, 3.8) is 0 Å². The quantitative estimate of drug-likeness (QED) is 0.608. The number of allylic oxidation sites excluding steroid dienone is 3. The molecule has 0 amide bonds. The van der Waals surface area contributed by atoms with Crippen molar-refractivity contribution < 1.29 is 0 Å². The molecule has 0 saturated carbocycles. The molecule has 0 nitrogen and oxygen atoms in total. The first-order chi connectivity index (χ1) is 8.68. The Kier molecular flexibility index (Phi) is 2.59. The normalized spacial score (nSPS) is 13.7. The molecule has 0 saturated heterocycles.